The number of hydrogen-bond acceptors (Lipinski definition) is 2. The van der Waals surface area contributed by atoms with Crippen LogP contribution in [0.3, 0.4) is 0 Å². The Bertz CT molecular complexity index is 590. The van der Waals surface area contributed by atoms with E-state index in [-0.39, 0.29) is 11.9 Å². The van der Waals surface area contributed by atoms with Gasteiger partial charge in [-0.05, 0) is 25.1 Å². The molecule has 0 fully saturated rings. The zero-order valence-corrected chi connectivity index (χ0v) is 12.5. The van der Waals surface area contributed by atoms with Gasteiger partial charge in [0, 0.05) is 11.8 Å². The van der Waals surface area contributed by atoms with Crippen molar-refractivity contribution in [2.24, 2.45) is 0 Å². The molecule has 1 N–H and O–H groups in total. The monoisotopic (exact) mass is 312 g/mol. The van der Waals surface area contributed by atoms with E-state index in [9.17, 15) is 4.39 Å². The van der Waals surface area contributed by atoms with Gasteiger partial charge in [-0.3, -0.25) is 4.98 Å². The van der Waals surface area contributed by atoms with Gasteiger partial charge in [0.1, 0.15) is 5.82 Å². The van der Waals surface area contributed by atoms with Crippen LogP contribution in [0.5, 0.6) is 0 Å². The number of pyridine rings is 1. The van der Waals surface area contributed by atoms with Crippen LogP contribution in [0.1, 0.15) is 30.6 Å². The molecule has 0 saturated heterocycles. The van der Waals surface area contributed by atoms with Crippen LogP contribution in [0.2, 0.25) is 10.0 Å². The minimum Gasteiger partial charge on any atom is -0.305 e. The van der Waals surface area contributed by atoms with Crippen molar-refractivity contribution in [3.8, 4) is 0 Å². The molecule has 20 heavy (non-hydrogen) atoms. The van der Waals surface area contributed by atoms with Crippen LogP contribution in [0, 0.1) is 5.82 Å². The fourth-order valence-electron chi connectivity index (χ4n) is 1.99. The molecule has 2 nitrogen and oxygen atoms in total. The molecule has 1 heterocycles. The molecule has 106 valence electrons. The predicted molar refractivity (Wildman–Crippen MR) is 80.8 cm³/mol. The molecular formula is C15H15Cl2FN2. The highest BCUT2D eigenvalue weighted by Crippen LogP contribution is 2.29. The molecule has 0 radical (unpaired) electrons. The van der Waals surface area contributed by atoms with E-state index in [1.165, 1.54) is 12.3 Å². The van der Waals surface area contributed by atoms with Gasteiger partial charge in [-0.15, -0.1) is 0 Å². The molecule has 0 aliphatic heterocycles. The third-order valence-electron chi connectivity index (χ3n) is 2.92. The summed E-state index contributed by atoms with van der Waals surface area (Å²) >= 11 is 12.1. The fourth-order valence-corrected chi connectivity index (χ4v) is 2.48. The van der Waals surface area contributed by atoms with E-state index in [0.717, 1.165) is 13.0 Å². The van der Waals surface area contributed by atoms with Crippen LogP contribution in [-0.2, 0) is 0 Å². The van der Waals surface area contributed by atoms with Crippen molar-refractivity contribution in [2.75, 3.05) is 6.54 Å². The van der Waals surface area contributed by atoms with Crippen LogP contribution in [0.25, 0.3) is 0 Å². The van der Waals surface area contributed by atoms with E-state index in [0.29, 0.717) is 21.3 Å². The van der Waals surface area contributed by atoms with Gasteiger partial charge in [0.2, 0.25) is 0 Å². The van der Waals surface area contributed by atoms with Crippen LogP contribution in [-0.4, -0.2) is 11.5 Å². The highest BCUT2D eigenvalue weighted by Gasteiger charge is 2.21. The first-order valence-corrected chi connectivity index (χ1v) is 7.17. The Morgan fingerprint density at radius 2 is 2.05 bits per heavy atom. The molecule has 2 aromatic rings. The Kier molecular flexibility index (Phi) is 5.35. The summed E-state index contributed by atoms with van der Waals surface area (Å²) in [6, 6.07) is 7.85. The summed E-state index contributed by atoms with van der Waals surface area (Å²) in [5.41, 5.74) is 1.10. The van der Waals surface area contributed by atoms with Crippen LogP contribution in [0.4, 0.5) is 4.39 Å². The van der Waals surface area contributed by atoms with E-state index < -0.39 is 0 Å². The van der Waals surface area contributed by atoms with E-state index in [2.05, 4.69) is 10.3 Å². The lowest BCUT2D eigenvalue weighted by molar-refractivity contribution is 0.539. The highest BCUT2D eigenvalue weighted by atomic mass is 35.5. The average molecular weight is 313 g/mol. The lowest BCUT2D eigenvalue weighted by Crippen LogP contribution is -2.25. The van der Waals surface area contributed by atoms with E-state index in [1.54, 1.807) is 24.3 Å². The van der Waals surface area contributed by atoms with Gasteiger partial charge >= 0.3 is 0 Å². The largest absolute Gasteiger partial charge is 0.305 e. The molecule has 1 aromatic heterocycles. The van der Waals surface area contributed by atoms with Crippen molar-refractivity contribution in [3.63, 3.8) is 0 Å². The number of nitrogens with one attached hydrogen (secondary N) is 1. The van der Waals surface area contributed by atoms with Gasteiger partial charge in [0.25, 0.3) is 0 Å². The molecule has 1 aromatic carbocycles. The maximum absolute atomic E-state index is 14.0. The maximum Gasteiger partial charge on any atom is 0.128 e. The maximum atomic E-state index is 14.0. The molecule has 1 unspecified atom stereocenters. The number of halogens is 3. The molecule has 0 aliphatic rings. The van der Waals surface area contributed by atoms with Crippen molar-refractivity contribution in [3.05, 3.63) is 63.6 Å². The molecule has 0 saturated carbocycles. The van der Waals surface area contributed by atoms with Crippen molar-refractivity contribution in [1.29, 1.82) is 0 Å². The third-order valence-corrected chi connectivity index (χ3v) is 3.43. The second kappa shape index (κ2) is 7.02. The van der Waals surface area contributed by atoms with Crippen LogP contribution < -0.4 is 5.32 Å². The zero-order valence-electron chi connectivity index (χ0n) is 11.0. The number of aromatic nitrogens is 1. The quantitative estimate of drug-likeness (QED) is 0.871. The summed E-state index contributed by atoms with van der Waals surface area (Å²) < 4.78 is 14.0. The Hall–Kier alpha value is -1.16. The smallest absolute Gasteiger partial charge is 0.128 e. The standard InChI is InChI=1S/C15H15Cl2FN2/c1-2-7-19-14(11-5-3-4-6-13(11)18)15-12(17)8-10(16)9-20-15/h3-6,8-9,14,19H,2,7H2,1H3. The molecule has 0 spiro atoms. The fraction of sp³-hybridized carbons (Fsp3) is 0.267. The average Bonchev–Trinajstić information content (AvgIpc) is 2.42. The normalized spacial score (nSPS) is 12.4. The van der Waals surface area contributed by atoms with Crippen molar-refractivity contribution >= 4 is 23.2 Å². The van der Waals surface area contributed by atoms with E-state index in [4.69, 9.17) is 23.2 Å². The van der Waals surface area contributed by atoms with Gasteiger partial charge in [0.15, 0.2) is 0 Å². The Balaban J connectivity index is 2.44. The van der Waals surface area contributed by atoms with Gasteiger partial charge < -0.3 is 5.32 Å². The Labute approximate surface area is 127 Å². The molecule has 1 atom stereocenters. The van der Waals surface area contributed by atoms with Crippen molar-refractivity contribution < 1.29 is 4.39 Å². The Morgan fingerprint density at radius 3 is 2.70 bits per heavy atom. The molecule has 0 aliphatic carbocycles. The first-order valence-electron chi connectivity index (χ1n) is 6.42. The number of rotatable bonds is 5. The molecule has 0 amide bonds. The molecule has 5 heteroatoms. The zero-order chi connectivity index (χ0) is 14.5. The second-order valence-electron chi connectivity index (χ2n) is 4.43. The topological polar surface area (TPSA) is 24.9 Å². The van der Waals surface area contributed by atoms with Gasteiger partial charge in [-0.2, -0.15) is 0 Å². The molecule has 0 bridgehead atoms. The highest BCUT2D eigenvalue weighted by molar-refractivity contribution is 6.34. The van der Waals surface area contributed by atoms with Gasteiger partial charge in [-0.1, -0.05) is 48.3 Å². The second-order valence-corrected chi connectivity index (χ2v) is 5.27. The van der Waals surface area contributed by atoms with Gasteiger partial charge in [0.05, 0.1) is 21.8 Å². The van der Waals surface area contributed by atoms with E-state index in [1.807, 2.05) is 6.92 Å². The minimum atomic E-state index is -0.388. The molecule has 2 rings (SSSR count). The lowest BCUT2D eigenvalue weighted by Gasteiger charge is -2.20. The van der Waals surface area contributed by atoms with Crippen molar-refractivity contribution in [2.45, 2.75) is 19.4 Å². The first-order chi connectivity index (χ1) is 9.63. The number of hydrogen-bond donors (Lipinski definition) is 1. The van der Waals surface area contributed by atoms with E-state index >= 15 is 0 Å². The predicted octanol–water partition coefficient (Wildman–Crippen LogP) is 4.62. The molecular weight excluding hydrogens is 298 g/mol. The summed E-state index contributed by atoms with van der Waals surface area (Å²) in [7, 11) is 0. The number of benzene rings is 1. The summed E-state index contributed by atoms with van der Waals surface area (Å²) in [5, 5.41) is 4.16. The number of nitrogens with zero attached hydrogens (tertiary/aromatic N) is 1. The van der Waals surface area contributed by atoms with Crippen LogP contribution >= 0.6 is 23.2 Å². The summed E-state index contributed by atoms with van der Waals surface area (Å²) in [5.74, 6) is -0.283. The lowest BCUT2D eigenvalue weighted by atomic mass is 10.0. The summed E-state index contributed by atoms with van der Waals surface area (Å²) in [4.78, 5) is 4.26. The van der Waals surface area contributed by atoms with Crippen LogP contribution in [0.15, 0.2) is 36.5 Å². The first kappa shape index (κ1) is 15.2. The minimum absolute atomic E-state index is 0.283. The SMILES string of the molecule is CCCNC(c1ccccc1F)c1ncc(Cl)cc1Cl. The van der Waals surface area contributed by atoms with Gasteiger partial charge in [-0.25, -0.2) is 4.39 Å². The van der Waals surface area contributed by atoms with Crippen molar-refractivity contribution in [1.82, 2.24) is 10.3 Å². The third kappa shape index (κ3) is 3.48. The summed E-state index contributed by atoms with van der Waals surface area (Å²) in [6.07, 6.45) is 2.44. The summed E-state index contributed by atoms with van der Waals surface area (Å²) in [6.45, 7) is 2.78. The Morgan fingerprint density at radius 1 is 1.30 bits per heavy atom.